The number of hydrogen-bond donors (Lipinski definition) is 2. The molecule has 1 heterocycles. The fraction of sp³-hybridized carbons (Fsp3) is 0.0741. The average Bonchev–Trinajstić information content (AvgIpc) is 2.88. The third-order valence-electron chi connectivity index (χ3n) is 5.82. The van der Waals surface area contributed by atoms with Crippen LogP contribution in [-0.2, 0) is 0 Å². The van der Waals surface area contributed by atoms with E-state index < -0.39 is 0 Å². The number of anilines is 1. The SMILES string of the molecule is COc1ccc(-n2c(=S)[nH]c3cc(C(=O)Nc4cccc5ccccc45)ccc3c2=O)cc1OC. The third-order valence-corrected chi connectivity index (χ3v) is 6.11. The third kappa shape index (κ3) is 4.04. The Balaban J connectivity index is 1.53. The first-order chi connectivity index (χ1) is 17.0. The molecule has 0 spiro atoms. The van der Waals surface area contributed by atoms with E-state index in [0.29, 0.717) is 39.3 Å². The zero-order chi connectivity index (χ0) is 24.5. The molecule has 0 bridgehead atoms. The van der Waals surface area contributed by atoms with E-state index in [4.69, 9.17) is 21.7 Å². The zero-order valence-electron chi connectivity index (χ0n) is 19.0. The number of rotatable bonds is 5. The maximum absolute atomic E-state index is 13.3. The number of H-pyrrole nitrogens is 1. The number of ether oxygens (including phenoxy) is 2. The smallest absolute Gasteiger partial charge is 0.266 e. The molecule has 5 aromatic rings. The zero-order valence-corrected chi connectivity index (χ0v) is 19.8. The number of nitrogens with one attached hydrogen (secondary N) is 2. The topological polar surface area (TPSA) is 85.4 Å². The second kappa shape index (κ2) is 9.08. The van der Waals surface area contributed by atoms with E-state index in [9.17, 15) is 9.59 Å². The maximum Gasteiger partial charge on any atom is 0.266 e. The van der Waals surface area contributed by atoms with E-state index in [-0.39, 0.29) is 16.2 Å². The molecule has 0 radical (unpaired) electrons. The van der Waals surface area contributed by atoms with Crippen molar-refractivity contribution in [1.82, 2.24) is 9.55 Å². The largest absolute Gasteiger partial charge is 0.493 e. The van der Waals surface area contributed by atoms with Crippen molar-refractivity contribution in [3.05, 3.63) is 99.6 Å². The van der Waals surface area contributed by atoms with Crippen molar-refractivity contribution in [3.8, 4) is 17.2 Å². The van der Waals surface area contributed by atoms with Gasteiger partial charge in [0.15, 0.2) is 16.3 Å². The monoisotopic (exact) mass is 483 g/mol. The molecular weight excluding hydrogens is 462 g/mol. The summed E-state index contributed by atoms with van der Waals surface area (Å²) in [6.07, 6.45) is 0. The number of aromatic amines is 1. The number of carbonyl (C=O) groups excluding carboxylic acids is 1. The number of carbonyl (C=O) groups is 1. The Hall–Kier alpha value is -4.43. The Morgan fingerprint density at radius 1 is 0.886 bits per heavy atom. The lowest BCUT2D eigenvalue weighted by Gasteiger charge is -2.13. The molecule has 0 saturated heterocycles. The molecule has 7 nitrogen and oxygen atoms in total. The molecule has 0 aliphatic carbocycles. The summed E-state index contributed by atoms with van der Waals surface area (Å²) in [7, 11) is 3.07. The molecule has 0 aliphatic rings. The predicted molar refractivity (Wildman–Crippen MR) is 140 cm³/mol. The lowest BCUT2D eigenvalue weighted by molar-refractivity contribution is 0.102. The molecule has 8 heteroatoms. The van der Waals surface area contributed by atoms with Crippen molar-refractivity contribution >= 4 is 45.5 Å². The molecule has 0 fully saturated rings. The van der Waals surface area contributed by atoms with E-state index in [1.807, 2.05) is 42.5 Å². The summed E-state index contributed by atoms with van der Waals surface area (Å²) in [6, 6.07) is 23.6. The van der Waals surface area contributed by atoms with Crippen LogP contribution in [-0.4, -0.2) is 29.7 Å². The summed E-state index contributed by atoms with van der Waals surface area (Å²) in [6.45, 7) is 0. The van der Waals surface area contributed by atoms with Gasteiger partial charge in [-0.15, -0.1) is 0 Å². The van der Waals surface area contributed by atoms with Crippen molar-refractivity contribution in [2.75, 3.05) is 19.5 Å². The van der Waals surface area contributed by atoms with Gasteiger partial charge in [0, 0.05) is 22.7 Å². The first kappa shape index (κ1) is 22.4. The van der Waals surface area contributed by atoms with Gasteiger partial charge in [0.25, 0.3) is 11.5 Å². The van der Waals surface area contributed by atoms with Gasteiger partial charge in [-0.2, -0.15) is 0 Å². The summed E-state index contributed by atoms with van der Waals surface area (Å²) in [4.78, 5) is 29.4. The Morgan fingerprint density at radius 3 is 2.46 bits per heavy atom. The molecule has 35 heavy (non-hydrogen) atoms. The number of methoxy groups -OCH3 is 2. The maximum atomic E-state index is 13.3. The molecule has 0 unspecified atom stereocenters. The molecule has 0 atom stereocenters. The van der Waals surface area contributed by atoms with Crippen LogP contribution in [0.1, 0.15) is 10.4 Å². The van der Waals surface area contributed by atoms with E-state index in [1.54, 1.807) is 43.5 Å². The number of amides is 1. The number of hydrogen-bond acceptors (Lipinski definition) is 5. The van der Waals surface area contributed by atoms with Crippen LogP contribution >= 0.6 is 12.2 Å². The number of benzene rings is 4. The van der Waals surface area contributed by atoms with Crippen LogP contribution in [0.4, 0.5) is 5.69 Å². The van der Waals surface area contributed by atoms with E-state index in [2.05, 4.69) is 10.3 Å². The van der Waals surface area contributed by atoms with Gasteiger partial charge in [-0.3, -0.25) is 14.2 Å². The summed E-state index contributed by atoms with van der Waals surface area (Å²) >= 11 is 5.49. The van der Waals surface area contributed by atoms with Crippen LogP contribution in [0, 0.1) is 4.77 Å². The average molecular weight is 484 g/mol. The van der Waals surface area contributed by atoms with Gasteiger partial charge in [-0.25, -0.2) is 0 Å². The van der Waals surface area contributed by atoms with E-state index >= 15 is 0 Å². The molecule has 2 N–H and O–H groups in total. The highest BCUT2D eigenvalue weighted by Crippen LogP contribution is 2.29. The van der Waals surface area contributed by atoms with Crippen molar-refractivity contribution in [3.63, 3.8) is 0 Å². The molecule has 0 saturated carbocycles. The van der Waals surface area contributed by atoms with Gasteiger partial charge in [0.05, 0.1) is 30.8 Å². The van der Waals surface area contributed by atoms with Crippen LogP contribution in [0.25, 0.3) is 27.4 Å². The minimum atomic E-state index is -0.308. The fourth-order valence-corrected chi connectivity index (χ4v) is 4.38. The highest BCUT2D eigenvalue weighted by Gasteiger charge is 2.14. The molecule has 174 valence electrons. The highest BCUT2D eigenvalue weighted by atomic mass is 32.1. The first-order valence-electron chi connectivity index (χ1n) is 10.8. The van der Waals surface area contributed by atoms with E-state index in [1.165, 1.54) is 11.7 Å². The van der Waals surface area contributed by atoms with Gasteiger partial charge in [-0.1, -0.05) is 36.4 Å². The number of nitrogens with zero attached hydrogens (tertiary/aromatic N) is 1. The van der Waals surface area contributed by atoms with Crippen molar-refractivity contribution in [2.24, 2.45) is 0 Å². The normalized spacial score (nSPS) is 10.9. The van der Waals surface area contributed by atoms with Gasteiger partial charge >= 0.3 is 0 Å². The standard InChI is InChI=1S/C27H21N3O4S/c1-33-23-13-11-18(15-24(23)34-2)30-26(32)20-12-10-17(14-22(20)29-27(30)35)25(31)28-21-9-5-7-16-6-3-4-8-19(16)21/h3-15H,1-2H3,(H,28,31)(H,29,35). The Kier molecular flexibility index (Phi) is 5.80. The van der Waals surface area contributed by atoms with Gasteiger partial charge < -0.3 is 19.8 Å². The Morgan fingerprint density at radius 2 is 1.66 bits per heavy atom. The molecule has 0 aliphatic heterocycles. The fourth-order valence-electron chi connectivity index (χ4n) is 4.09. The molecule has 1 aromatic heterocycles. The number of aromatic nitrogens is 2. The minimum Gasteiger partial charge on any atom is -0.493 e. The second-order valence-corrected chi connectivity index (χ2v) is 8.24. The van der Waals surface area contributed by atoms with E-state index in [0.717, 1.165) is 10.8 Å². The summed E-state index contributed by atoms with van der Waals surface area (Å²) < 4.78 is 12.2. The van der Waals surface area contributed by atoms with Crippen molar-refractivity contribution in [1.29, 1.82) is 0 Å². The molecular formula is C27H21N3O4S. The van der Waals surface area contributed by atoms with Gasteiger partial charge in [0.2, 0.25) is 0 Å². The summed E-state index contributed by atoms with van der Waals surface area (Å²) in [5.74, 6) is 0.736. The van der Waals surface area contributed by atoms with Gasteiger partial charge in [-0.05, 0) is 54.0 Å². The Labute approximate surface area is 205 Å². The second-order valence-electron chi connectivity index (χ2n) is 7.85. The Bertz CT molecular complexity index is 1720. The van der Waals surface area contributed by atoms with Crippen molar-refractivity contribution < 1.29 is 14.3 Å². The molecule has 1 amide bonds. The van der Waals surface area contributed by atoms with Crippen molar-refractivity contribution in [2.45, 2.75) is 0 Å². The highest BCUT2D eigenvalue weighted by molar-refractivity contribution is 7.71. The summed E-state index contributed by atoms with van der Waals surface area (Å²) in [5, 5.41) is 5.34. The molecule has 4 aromatic carbocycles. The van der Waals surface area contributed by atoms with Gasteiger partial charge in [0.1, 0.15) is 0 Å². The molecule has 5 rings (SSSR count). The lowest BCUT2D eigenvalue weighted by Crippen LogP contribution is -2.21. The van der Waals surface area contributed by atoms with Crippen LogP contribution < -0.4 is 20.3 Å². The number of fused-ring (bicyclic) bond motifs is 2. The first-order valence-corrected chi connectivity index (χ1v) is 11.2. The minimum absolute atomic E-state index is 0.196. The lowest BCUT2D eigenvalue weighted by atomic mass is 10.1. The van der Waals surface area contributed by atoms with Crippen LogP contribution in [0.3, 0.4) is 0 Å². The summed E-state index contributed by atoms with van der Waals surface area (Å²) in [5.41, 5.74) is 1.82. The van der Waals surface area contributed by atoms with Crippen LogP contribution in [0.15, 0.2) is 83.7 Å². The van der Waals surface area contributed by atoms with Crippen LogP contribution in [0.2, 0.25) is 0 Å². The predicted octanol–water partition coefficient (Wildman–Crippen LogP) is 5.47. The van der Waals surface area contributed by atoms with Crippen LogP contribution in [0.5, 0.6) is 11.5 Å². The quantitative estimate of drug-likeness (QED) is 0.324.